The largest absolute Gasteiger partial charge is 0.440 e. The van der Waals surface area contributed by atoms with Crippen LogP contribution in [0.4, 0.5) is 0 Å². The number of rotatable bonds is 5. The van der Waals surface area contributed by atoms with Gasteiger partial charge in [0.15, 0.2) is 0 Å². The summed E-state index contributed by atoms with van der Waals surface area (Å²) in [6, 6.07) is 4.76. The van der Waals surface area contributed by atoms with Gasteiger partial charge in [-0.05, 0) is 36.2 Å². The van der Waals surface area contributed by atoms with Gasteiger partial charge in [-0.1, -0.05) is 6.07 Å². The molecule has 0 bridgehead atoms. The molecule has 2 aromatic rings. The minimum absolute atomic E-state index is 0.636. The van der Waals surface area contributed by atoms with E-state index in [0.717, 1.165) is 11.6 Å². The van der Waals surface area contributed by atoms with E-state index in [1.54, 1.807) is 18.7 Å². The molecule has 88 valence electrons. The standard InChI is InChI=1S/C12H13N3OS/c1-2-9(8-15-10-3-4-10)11(13-5-1)17-12-14-6-7-16-12/h1-2,5-7,10,15H,3-4,8H2. The van der Waals surface area contributed by atoms with Crippen molar-refractivity contribution in [1.29, 1.82) is 0 Å². The highest BCUT2D eigenvalue weighted by molar-refractivity contribution is 7.99. The summed E-state index contributed by atoms with van der Waals surface area (Å²) in [7, 11) is 0. The summed E-state index contributed by atoms with van der Waals surface area (Å²) in [6.45, 7) is 0.863. The molecule has 2 aromatic heterocycles. The first-order valence-electron chi connectivity index (χ1n) is 5.66. The summed E-state index contributed by atoms with van der Waals surface area (Å²) in [5.41, 5.74) is 1.20. The lowest BCUT2D eigenvalue weighted by Crippen LogP contribution is -2.16. The number of hydrogen-bond acceptors (Lipinski definition) is 5. The molecule has 17 heavy (non-hydrogen) atoms. The van der Waals surface area contributed by atoms with Crippen molar-refractivity contribution in [1.82, 2.24) is 15.3 Å². The number of nitrogens with one attached hydrogen (secondary N) is 1. The van der Waals surface area contributed by atoms with Crippen molar-refractivity contribution in [3.05, 3.63) is 36.4 Å². The third-order valence-electron chi connectivity index (χ3n) is 2.60. The van der Waals surface area contributed by atoms with Crippen molar-refractivity contribution in [2.75, 3.05) is 0 Å². The molecule has 1 fully saturated rings. The highest BCUT2D eigenvalue weighted by Gasteiger charge is 2.20. The van der Waals surface area contributed by atoms with Crippen LogP contribution in [0, 0.1) is 0 Å². The Hall–Kier alpha value is -1.33. The fourth-order valence-corrected chi connectivity index (χ4v) is 2.30. The molecule has 1 aliphatic rings. The first-order valence-corrected chi connectivity index (χ1v) is 6.48. The predicted molar refractivity (Wildman–Crippen MR) is 64.7 cm³/mol. The monoisotopic (exact) mass is 247 g/mol. The fourth-order valence-electron chi connectivity index (χ4n) is 1.54. The van der Waals surface area contributed by atoms with Gasteiger partial charge in [0.05, 0.1) is 6.20 Å². The van der Waals surface area contributed by atoms with Gasteiger partial charge in [0.25, 0.3) is 5.22 Å². The van der Waals surface area contributed by atoms with Gasteiger partial charge in [-0.15, -0.1) is 0 Å². The Kier molecular flexibility index (Phi) is 3.11. The van der Waals surface area contributed by atoms with Gasteiger partial charge in [-0.3, -0.25) is 0 Å². The van der Waals surface area contributed by atoms with E-state index in [0.29, 0.717) is 11.3 Å². The fraction of sp³-hybridized carbons (Fsp3) is 0.333. The molecule has 2 heterocycles. The van der Waals surface area contributed by atoms with E-state index in [-0.39, 0.29) is 0 Å². The molecule has 1 saturated carbocycles. The van der Waals surface area contributed by atoms with Crippen molar-refractivity contribution in [3.8, 4) is 0 Å². The van der Waals surface area contributed by atoms with E-state index >= 15 is 0 Å². The molecule has 0 unspecified atom stereocenters. The summed E-state index contributed by atoms with van der Waals surface area (Å²) in [6.07, 6.45) is 7.61. The van der Waals surface area contributed by atoms with Crippen LogP contribution in [-0.2, 0) is 6.54 Å². The van der Waals surface area contributed by atoms with Gasteiger partial charge in [-0.2, -0.15) is 0 Å². The van der Waals surface area contributed by atoms with Crippen LogP contribution >= 0.6 is 11.8 Å². The molecule has 1 aliphatic carbocycles. The van der Waals surface area contributed by atoms with Gasteiger partial charge < -0.3 is 9.73 Å². The Bertz CT molecular complexity index is 482. The van der Waals surface area contributed by atoms with E-state index in [2.05, 4.69) is 21.4 Å². The molecule has 0 atom stereocenters. The maximum Gasteiger partial charge on any atom is 0.261 e. The lowest BCUT2D eigenvalue weighted by Gasteiger charge is -2.06. The molecular formula is C12H13N3OS. The molecule has 0 spiro atoms. The van der Waals surface area contributed by atoms with E-state index < -0.39 is 0 Å². The van der Waals surface area contributed by atoms with Gasteiger partial charge in [0.1, 0.15) is 11.3 Å². The molecule has 4 nitrogen and oxygen atoms in total. The van der Waals surface area contributed by atoms with Crippen molar-refractivity contribution < 1.29 is 4.42 Å². The Labute approximate surface area is 104 Å². The summed E-state index contributed by atoms with van der Waals surface area (Å²) in [5, 5.41) is 5.09. The third-order valence-corrected chi connectivity index (χ3v) is 3.54. The maximum atomic E-state index is 5.22. The topological polar surface area (TPSA) is 51.0 Å². The third kappa shape index (κ3) is 2.87. The predicted octanol–water partition coefficient (Wildman–Crippen LogP) is 2.47. The highest BCUT2D eigenvalue weighted by atomic mass is 32.2. The molecule has 0 radical (unpaired) electrons. The summed E-state index contributed by atoms with van der Waals surface area (Å²) in [4.78, 5) is 8.47. The second-order valence-electron chi connectivity index (χ2n) is 4.02. The molecule has 5 heteroatoms. The molecule has 0 aromatic carbocycles. The van der Waals surface area contributed by atoms with Gasteiger partial charge in [-0.25, -0.2) is 9.97 Å². The number of nitrogens with zero attached hydrogens (tertiary/aromatic N) is 2. The van der Waals surface area contributed by atoms with Crippen LogP contribution in [0.1, 0.15) is 18.4 Å². The lowest BCUT2D eigenvalue weighted by atomic mass is 10.3. The van der Waals surface area contributed by atoms with Crippen LogP contribution in [-0.4, -0.2) is 16.0 Å². The normalized spacial score (nSPS) is 15.1. The van der Waals surface area contributed by atoms with E-state index in [1.165, 1.54) is 30.2 Å². The zero-order valence-corrected chi connectivity index (χ0v) is 10.1. The SMILES string of the molecule is c1cnc(Sc2ncco2)c(CNC2CC2)c1. The quantitative estimate of drug-likeness (QED) is 0.879. The van der Waals surface area contributed by atoms with E-state index in [4.69, 9.17) is 4.42 Å². The first-order chi connectivity index (χ1) is 8.42. The molecule has 1 N–H and O–H groups in total. The molecule has 0 aliphatic heterocycles. The second kappa shape index (κ2) is 4.89. The van der Waals surface area contributed by atoms with Crippen LogP contribution in [0.3, 0.4) is 0 Å². The number of aromatic nitrogens is 2. The lowest BCUT2D eigenvalue weighted by molar-refractivity contribution is 0.453. The number of oxazole rings is 1. The Morgan fingerprint density at radius 3 is 3.06 bits per heavy atom. The molecule has 0 amide bonds. The first kappa shape index (κ1) is 10.8. The van der Waals surface area contributed by atoms with Crippen molar-refractivity contribution in [3.63, 3.8) is 0 Å². The Balaban J connectivity index is 1.72. The Morgan fingerprint density at radius 1 is 1.35 bits per heavy atom. The average molecular weight is 247 g/mol. The van der Waals surface area contributed by atoms with E-state index in [9.17, 15) is 0 Å². The van der Waals surface area contributed by atoms with Crippen molar-refractivity contribution >= 4 is 11.8 Å². The number of pyridine rings is 1. The maximum absolute atomic E-state index is 5.22. The van der Waals surface area contributed by atoms with Crippen LogP contribution in [0.15, 0.2) is 45.5 Å². The smallest absolute Gasteiger partial charge is 0.261 e. The van der Waals surface area contributed by atoms with Crippen LogP contribution in [0.5, 0.6) is 0 Å². The van der Waals surface area contributed by atoms with E-state index in [1.807, 2.05) is 6.07 Å². The summed E-state index contributed by atoms with van der Waals surface area (Å²) >= 11 is 1.46. The molecule has 3 rings (SSSR count). The van der Waals surface area contributed by atoms with Crippen molar-refractivity contribution in [2.24, 2.45) is 0 Å². The summed E-state index contributed by atoms with van der Waals surface area (Å²) < 4.78 is 5.22. The van der Waals surface area contributed by atoms with Gasteiger partial charge in [0.2, 0.25) is 0 Å². The highest BCUT2D eigenvalue weighted by Crippen LogP contribution is 2.27. The summed E-state index contributed by atoms with van der Waals surface area (Å²) in [5.74, 6) is 0. The van der Waals surface area contributed by atoms with Crippen molar-refractivity contribution in [2.45, 2.75) is 35.7 Å². The minimum Gasteiger partial charge on any atom is -0.440 e. The zero-order valence-electron chi connectivity index (χ0n) is 9.30. The van der Waals surface area contributed by atoms with Crippen LogP contribution in [0.25, 0.3) is 0 Å². The minimum atomic E-state index is 0.636. The average Bonchev–Trinajstić information content (AvgIpc) is 3.05. The van der Waals surface area contributed by atoms with Gasteiger partial charge in [0, 0.05) is 18.8 Å². The Morgan fingerprint density at radius 2 is 2.29 bits per heavy atom. The van der Waals surface area contributed by atoms with Gasteiger partial charge >= 0.3 is 0 Å². The molecule has 0 saturated heterocycles. The molecular weight excluding hydrogens is 234 g/mol. The van der Waals surface area contributed by atoms with Crippen LogP contribution < -0.4 is 5.32 Å². The second-order valence-corrected chi connectivity index (χ2v) is 4.96. The van der Waals surface area contributed by atoms with Crippen LogP contribution in [0.2, 0.25) is 0 Å². The number of hydrogen-bond donors (Lipinski definition) is 1. The zero-order chi connectivity index (χ0) is 11.5.